The number of anilines is 1. The highest BCUT2D eigenvalue weighted by molar-refractivity contribution is 7.80. The van der Waals surface area contributed by atoms with E-state index >= 15 is 0 Å². The molecule has 2 aromatic rings. The summed E-state index contributed by atoms with van der Waals surface area (Å²) in [4.78, 5) is 0. The van der Waals surface area contributed by atoms with E-state index in [1.54, 1.807) is 0 Å². The topological polar surface area (TPSA) is 50.1 Å². The molecule has 0 unspecified atom stereocenters. The molecule has 0 aliphatic carbocycles. The fraction of sp³-hybridized carbons (Fsp3) is 0.188. The van der Waals surface area contributed by atoms with Gasteiger partial charge in [-0.1, -0.05) is 0 Å². The second-order valence-corrected chi connectivity index (χ2v) is 5.57. The van der Waals surface area contributed by atoms with Crippen LogP contribution < -0.4 is 16.4 Å². The zero-order valence-corrected chi connectivity index (χ0v) is 13.3. The van der Waals surface area contributed by atoms with Crippen molar-refractivity contribution in [3.8, 4) is 0 Å². The standard InChI is InChI=1S/C16H15F4N3S/c17-10-1-3-12(4-2-10)23-16(24)22-8-11(21)5-9-6-14(19)15(20)7-13(9)18/h1-4,6-7,11H,5,8,21H2,(H2,22,23,24)/t11-/m0/s1. The molecule has 24 heavy (non-hydrogen) atoms. The zero-order valence-electron chi connectivity index (χ0n) is 12.5. The minimum absolute atomic E-state index is 0.00912. The first-order chi connectivity index (χ1) is 11.3. The molecule has 0 aliphatic rings. The van der Waals surface area contributed by atoms with Gasteiger partial charge in [0.15, 0.2) is 16.7 Å². The number of benzene rings is 2. The van der Waals surface area contributed by atoms with Crippen molar-refractivity contribution < 1.29 is 17.6 Å². The lowest BCUT2D eigenvalue weighted by Gasteiger charge is -2.16. The van der Waals surface area contributed by atoms with E-state index in [0.717, 1.165) is 6.07 Å². The van der Waals surface area contributed by atoms with E-state index in [9.17, 15) is 17.6 Å². The Labute approximate surface area is 141 Å². The number of nitrogens with one attached hydrogen (secondary N) is 2. The lowest BCUT2D eigenvalue weighted by molar-refractivity contribution is 0.486. The van der Waals surface area contributed by atoms with Crippen molar-refractivity contribution in [1.82, 2.24) is 5.32 Å². The smallest absolute Gasteiger partial charge is 0.170 e. The first-order valence-corrected chi connectivity index (χ1v) is 7.45. The van der Waals surface area contributed by atoms with Crippen LogP contribution in [-0.4, -0.2) is 17.7 Å². The van der Waals surface area contributed by atoms with Crippen LogP contribution in [0.4, 0.5) is 23.2 Å². The van der Waals surface area contributed by atoms with Crippen LogP contribution >= 0.6 is 12.2 Å². The van der Waals surface area contributed by atoms with Gasteiger partial charge in [0.05, 0.1) is 0 Å². The second kappa shape index (κ2) is 8.07. The van der Waals surface area contributed by atoms with Crippen LogP contribution in [0.3, 0.4) is 0 Å². The molecule has 128 valence electrons. The molecule has 0 amide bonds. The third-order valence-electron chi connectivity index (χ3n) is 3.20. The average molecular weight is 357 g/mol. The van der Waals surface area contributed by atoms with Crippen molar-refractivity contribution in [2.45, 2.75) is 12.5 Å². The van der Waals surface area contributed by atoms with Crippen molar-refractivity contribution in [3.05, 3.63) is 65.2 Å². The van der Waals surface area contributed by atoms with Gasteiger partial charge < -0.3 is 16.4 Å². The molecular formula is C16H15F4N3S. The largest absolute Gasteiger partial charge is 0.361 e. The number of halogens is 4. The third kappa shape index (κ3) is 5.17. The van der Waals surface area contributed by atoms with Crippen molar-refractivity contribution in [2.75, 3.05) is 11.9 Å². The highest BCUT2D eigenvalue weighted by Gasteiger charge is 2.13. The lowest BCUT2D eigenvalue weighted by atomic mass is 10.1. The fourth-order valence-corrected chi connectivity index (χ4v) is 2.21. The van der Waals surface area contributed by atoms with Crippen molar-refractivity contribution in [2.24, 2.45) is 5.73 Å². The second-order valence-electron chi connectivity index (χ2n) is 5.16. The molecule has 8 heteroatoms. The van der Waals surface area contributed by atoms with E-state index in [1.807, 2.05) is 0 Å². The van der Waals surface area contributed by atoms with E-state index in [4.69, 9.17) is 18.0 Å². The Morgan fingerprint density at radius 3 is 2.29 bits per heavy atom. The van der Waals surface area contributed by atoms with Crippen LogP contribution in [0, 0.1) is 23.3 Å². The van der Waals surface area contributed by atoms with E-state index < -0.39 is 23.5 Å². The molecule has 2 aromatic carbocycles. The molecular weight excluding hydrogens is 342 g/mol. The Balaban J connectivity index is 1.84. The molecule has 1 atom stereocenters. The van der Waals surface area contributed by atoms with Gasteiger partial charge in [-0.2, -0.15) is 0 Å². The molecule has 0 radical (unpaired) electrons. The summed E-state index contributed by atoms with van der Waals surface area (Å²) in [5.74, 6) is -3.58. The van der Waals surface area contributed by atoms with Crippen LogP contribution in [0.1, 0.15) is 5.56 Å². The maximum absolute atomic E-state index is 13.6. The summed E-state index contributed by atoms with van der Waals surface area (Å²) in [5.41, 5.74) is 6.42. The van der Waals surface area contributed by atoms with Gasteiger partial charge in [0.25, 0.3) is 0 Å². The molecule has 0 heterocycles. The number of nitrogens with two attached hydrogens (primary N) is 1. The normalized spacial score (nSPS) is 11.9. The molecule has 0 spiro atoms. The number of hydrogen-bond donors (Lipinski definition) is 3. The predicted molar refractivity (Wildman–Crippen MR) is 88.6 cm³/mol. The Hall–Kier alpha value is -2.19. The van der Waals surface area contributed by atoms with Gasteiger partial charge in [-0.05, 0) is 54.5 Å². The molecule has 0 saturated carbocycles. The first kappa shape index (κ1) is 18.2. The fourth-order valence-electron chi connectivity index (χ4n) is 2.01. The Morgan fingerprint density at radius 1 is 1.00 bits per heavy atom. The van der Waals surface area contributed by atoms with Crippen molar-refractivity contribution in [3.63, 3.8) is 0 Å². The maximum Gasteiger partial charge on any atom is 0.170 e. The third-order valence-corrected chi connectivity index (χ3v) is 3.44. The number of rotatable bonds is 5. The summed E-state index contributed by atoms with van der Waals surface area (Å²) in [5, 5.41) is 5.91. The SMILES string of the molecule is N[C@H](CNC(=S)Nc1ccc(F)cc1)Cc1cc(F)c(F)cc1F. The molecule has 0 fully saturated rings. The Bertz CT molecular complexity index is 722. The summed E-state index contributed by atoms with van der Waals surface area (Å²) in [6, 6.07) is 6.30. The minimum Gasteiger partial charge on any atom is -0.361 e. The molecule has 0 saturated heterocycles. The summed E-state index contributed by atoms with van der Waals surface area (Å²) >= 11 is 5.06. The molecule has 0 aliphatic heterocycles. The van der Waals surface area contributed by atoms with Crippen LogP contribution in [0.15, 0.2) is 36.4 Å². The van der Waals surface area contributed by atoms with Gasteiger partial charge >= 0.3 is 0 Å². The lowest BCUT2D eigenvalue weighted by Crippen LogP contribution is -2.40. The Morgan fingerprint density at radius 2 is 1.62 bits per heavy atom. The van der Waals surface area contributed by atoms with E-state index in [-0.39, 0.29) is 29.5 Å². The van der Waals surface area contributed by atoms with E-state index in [0.29, 0.717) is 11.8 Å². The van der Waals surface area contributed by atoms with Gasteiger partial charge in [-0.15, -0.1) is 0 Å². The van der Waals surface area contributed by atoms with E-state index in [2.05, 4.69) is 10.6 Å². The summed E-state index contributed by atoms with van der Waals surface area (Å²) in [6.07, 6.45) is 0.00912. The number of thiocarbonyl (C=S) groups is 1. The van der Waals surface area contributed by atoms with Gasteiger partial charge in [0.2, 0.25) is 0 Å². The van der Waals surface area contributed by atoms with Gasteiger partial charge in [-0.3, -0.25) is 0 Å². The van der Waals surface area contributed by atoms with Crippen LogP contribution in [-0.2, 0) is 6.42 Å². The van der Waals surface area contributed by atoms with E-state index in [1.165, 1.54) is 24.3 Å². The summed E-state index contributed by atoms with van der Waals surface area (Å²) < 4.78 is 52.4. The molecule has 3 nitrogen and oxygen atoms in total. The predicted octanol–water partition coefficient (Wildman–Crippen LogP) is 3.10. The minimum atomic E-state index is -1.24. The van der Waals surface area contributed by atoms with Gasteiger partial charge in [0, 0.05) is 24.3 Å². The quantitative estimate of drug-likeness (QED) is 0.437. The van der Waals surface area contributed by atoms with Crippen molar-refractivity contribution in [1.29, 1.82) is 0 Å². The Kier molecular flexibility index (Phi) is 6.10. The highest BCUT2D eigenvalue weighted by Crippen LogP contribution is 2.15. The highest BCUT2D eigenvalue weighted by atomic mass is 32.1. The first-order valence-electron chi connectivity index (χ1n) is 7.04. The van der Waals surface area contributed by atoms with Gasteiger partial charge in [-0.25, -0.2) is 17.6 Å². The van der Waals surface area contributed by atoms with Crippen LogP contribution in [0.5, 0.6) is 0 Å². The molecule has 2 rings (SSSR count). The summed E-state index contributed by atoms with van der Waals surface area (Å²) in [7, 11) is 0. The number of hydrogen-bond acceptors (Lipinski definition) is 2. The molecule has 0 bridgehead atoms. The van der Waals surface area contributed by atoms with Crippen molar-refractivity contribution >= 4 is 23.0 Å². The zero-order chi connectivity index (χ0) is 17.7. The van der Waals surface area contributed by atoms with Gasteiger partial charge in [0.1, 0.15) is 11.6 Å². The average Bonchev–Trinajstić information content (AvgIpc) is 2.53. The maximum atomic E-state index is 13.6. The molecule has 4 N–H and O–H groups in total. The van der Waals surface area contributed by atoms with Crippen LogP contribution in [0.2, 0.25) is 0 Å². The molecule has 0 aromatic heterocycles. The van der Waals surface area contributed by atoms with Crippen LogP contribution in [0.25, 0.3) is 0 Å². The summed E-state index contributed by atoms with van der Waals surface area (Å²) in [6.45, 7) is 0.186. The monoisotopic (exact) mass is 357 g/mol.